The number of fused-ring (bicyclic) bond motifs is 1. The molecule has 8 heteroatoms. The molecule has 1 aliphatic heterocycles. The Labute approximate surface area is 196 Å². The number of benzene rings is 1. The number of hydrogen-bond acceptors (Lipinski definition) is 4. The van der Waals surface area contributed by atoms with Crippen LogP contribution in [0.25, 0.3) is 16.6 Å². The van der Waals surface area contributed by atoms with E-state index in [1.54, 1.807) is 23.6 Å². The molecule has 176 valence electrons. The van der Waals surface area contributed by atoms with Crippen molar-refractivity contribution in [2.24, 2.45) is 10.7 Å². The van der Waals surface area contributed by atoms with Gasteiger partial charge in [0.05, 0.1) is 39.8 Å². The van der Waals surface area contributed by atoms with Gasteiger partial charge in [0.2, 0.25) is 0 Å². The van der Waals surface area contributed by atoms with Gasteiger partial charge in [0.15, 0.2) is 0 Å². The Hall–Kier alpha value is -3.55. The van der Waals surface area contributed by atoms with Crippen molar-refractivity contribution in [3.05, 3.63) is 70.2 Å². The fourth-order valence-corrected chi connectivity index (χ4v) is 5.19. The smallest absolute Gasteiger partial charge is 0.253 e. The van der Waals surface area contributed by atoms with Gasteiger partial charge >= 0.3 is 0 Å². The molecule has 1 unspecified atom stereocenters. The Morgan fingerprint density at radius 2 is 1.91 bits per heavy atom. The van der Waals surface area contributed by atoms with E-state index in [2.05, 4.69) is 15.4 Å². The highest BCUT2D eigenvalue weighted by Gasteiger charge is 2.30. The average molecular weight is 464 g/mol. The normalized spacial score (nSPS) is 17.9. The molecule has 3 N–H and O–H groups in total. The first-order chi connectivity index (χ1) is 16.3. The number of carbonyl (C=O) groups excluding carboxylic acids is 1. The SMILES string of the molecule is Cc1nn2c(C(C)C)c(C(=O)NC3CCCC4=C3N=C(N)C4)ccc2c1-c1c(F)cccc1F. The number of nitrogens with zero attached hydrogens (tertiary/aromatic N) is 3. The van der Waals surface area contributed by atoms with Crippen molar-refractivity contribution >= 4 is 17.3 Å². The zero-order chi connectivity index (χ0) is 24.1. The van der Waals surface area contributed by atoms with Crippen LogP contribution in [0.5, 0.6) is 0 Å². The first-order valence-electron chi connectivity index (χ1n) is 11.6. The molecule has 2 aromatic heterocycles. The van der Waals surface area contributed by atoms with Gasteiger partial charge < -0.3 is 11.1 Å². The highest BCUT2D eigenvalue weighted by molar-refractivity contribution is 5.97. The Kier molecular flexibility index (Phi) is 5.46. The maximum atomic E-state index is 14.6. The van der Waals surface area contributed by atoms with E-state index < -0.39 is 11.6 Å². The molecular formula is C26H27F2N5O. The van der Waals surface area contributed by atoms with Gasteiger partial charge in [0.1, 0.15) is 17.5 Å². The van der Waals surface area contributed by atoms with Gasteiger partial charge in [-0.25, -0.2) is 18.3 Å². The van der Waals surface area contributed by atoms with Crippen LogP contribution in [0.3, 0.4) is 0 Å². The number of halogens is 2. The summed E-state index contributed by atoms with van der Waals surface area (Å²) >= 11 is 0. The van der Waals surface area contributed by atoms with E-state index in [9.17, 15) is 13.6 Å². The number of pyridine rings is 1. The Balaban J connectivity index is 1.59. The zero-order valence-corrected chi connectivity index (χ0v) is 19.5. The molecule has 2 aliphatic rings. The second kappa shape index (κ2) is 8.34. The number of rotatable bonds is 4. The Morgan fingerprint density at radius 1 is 1.18 bits per heavy atom. The number of nitrogens with two attached hydrogens (primary N) is 1. The largest absolute Gasteiger partial charge is 0.387 e. The molecule has 0 saturated heterocycles. The summed E-state index contributed by atoms with van der Waals surface area (Å²) in [5.74, 6) is -0.997. The number of amidine groups is 1. The van der Waals surface area contributed by atoms with Crippen molar-refractivity contribution in [2.75, 3.05) is 0 Å². The number of nitrogens with one attached hydrogen (secondary N) is 1. The molecular weight excluding hydrogens is 436 g/mol. The number of hydrogen-bond donors (Lipinski definition) is 2. The molecule has 0 bridgehead atoms. The summed E-state index contributed by atoms with van der Waals surface area (Å²) in [6, 6.07) is 7.05. The standard InChI is InChI=1S/C26H27F2N5O/c1-13(2)25-16(26(34)30-19-9-4-6-15-12-21(29)31-24(15)19)10-11-20-22(14(3)32-33(20)25)23-17(27)7-5-8-18(23)28/h5,7-8,10-11,13,19H,4,6,9,12H2,1-3H3,(H2,29,31)(H,30,34). The van der Waals surface area contributed by atoms with Gasteiger partial charge in [-0.3, -0.25) is 4.79 Å². The third kappa shape index (κ3) is 3.57. The van der Waals surface area contributed by atoms with Crippen LogP contribution in [-0.2, 0) is 0 Å². The minimum atomic E-state index is -0.649. The number of carbonyl (C=O) groups is 1. The van der Waals surface area contributed by atoms with Crippen LogP contribution in [0.15, 0.2) is 46.6 Å². The molecule has 34 heavy (non-hydrogen) atoms. The number of aryl methyl sites for hydroxylation is 1. The first-order valence-corrected chi connectivity index (χ1v) is 11.6. The van der Waals surface area contributed by atoms with Crippen LogP contribution in [0, 0.1) is 18.6 Å². The predicted molar refractivity (Wildman–Crippen MR) is 128 cm³/mol. The van der Waals surface area contributed by atoms with Crippen LogP contribution in [0.2, 0.25) is 0 Å². The van der Waals surface area contributed by atoms with E-state index in [0.29, 0.717) is 40.3 Å². The van der Waals surface area contributed by atoms with Crippen molar-refractivity contribution in [3.63, 3.8) is 0 Å². The lowest BCUT2D eigenvalue weighted by Gasteiger charge is -2.25. The zero-order valence-electron chi connectivity index (χ0n) is 19.5. The quantitative estimate of drug-likeness (QED) is 0.571. The van der Waals surface area contributed by atoms with Crippen LogP contribution in [-0.4, -0.2) is 27.4 Å². The second-order valence-corrected chi connectivity index (χ2v) is 9.33. The van der Waals surface area contributed by atoms with Gasteiger partial charge in [-0.1, -0.05) is 19.9 Å². The third-order valence-electron chi connectivity index (χ3n) is 6.64. The van der Waals surface area contributed by atoms with Crippen molar-refractivity contribution in [3.8, 4) is 11.1 Å². The molecule has 1 amide bonds. The molecule has 1 aromatic carbocycles. The van der Waals surface area contributed by atoms with Crippen molar-refractivity contribution in [2.45, 2.75) is 58.4 Å². The van der Waals surface area contributed by atoms with Crippen molar-refractivity contribution in [1.29, 1.82) is 0 Å². The fraction of sp³-hybridized carbons (Fsp3) is 0.346. The summed E-state index contributed by atoms with van der Waals surface area (Å²) in [7, 11) is 0. The van der Waals surface area contributed by atoms with Crippen LogP contribution < -0.4 is 11.1 Å². The monoisotopic (exact) mass is 463 g/mol. The van der Waals surface area contributed by atoms with Gasteiger partial charge in [-0.05, 0) is 61.9 Å². The molecule has 3 heterocycles. The highest BCUT2D eigenvalue weighted by atomic mass is 19.1. The molecule has 1 aliphatic carbocycles. The molecule has 1 atom stereocenters. The number of aromatic nitrogens is 2. The molecule has 0 radical (unpaired) electrons. The lowest BCUT2D eigenvalue weighted by molar-refractivity contribution is 0.0937. The van der Waals surface area contributed by atoms with Gasteiger partial charge in [0, 0.05) is 12.0 Å². The minimum Gasteiger partial charge on any atom is -0.387 e. The summed E-state index contributed by atoms with van der Waals surface area (Å²) in [5.41, 5.74) is 10.5. The number of aliphatic imine (C=N–C) groups is 1. The first kappa shape index (κ1) is 22.3. The van der Waals surface area contributed by atoms with Crippen molar-refractivity contribution in [1.82, 2.24) is 14.9 Å². The lowest BCUT2D eigenvalue weighted by atomic mass is 9.91. The minimum absolute atomic E-state index is 0.0663. The summed E-state index contributed by atoms with van der Waals surface area (Å²) in [4.78, 5) is 17.9. The molecule has 6 nitrogen and oxygen atoms in total. The summed E-state index contributed by atoms with van der Waals surface area (Å²) in [5, 5.41) is 7.74. The molecule has 0 spiro atoms. The van der Waals surface area contributed by atoms with E-state index >= 15 is 0 Å². The van der Waals surface area contributed by atoms with Crippen LogP contribution in [0.4, 0.5) is 8.78 Å². The van der Waals surface area contributed by atoms with E-state index in [1.165, 1.54) is 23.8 Å². The fourth-order valence-electron chi connectivity index (χ4n) is 5.19. The summed E-state index contributed by atoms with van der Waals surface area (Å²) in [6.07, 6.45) is 3.40. The van der Waals surface area contributed by atoms with Crippen LogP contribution in [0.1, 0.15) is 67.2 Å². The van der Waals surface area contributed by atoms with Gasteiger partial charge in [-0.2, -0.15) is 5.10 Å². The molecule has 3 aromatic rings. The second-order valence-electron chi connectivity index (χ2n) is 9.33. The predicted octanol–water partition coefficient (Wildman–Crippen LogP) is 5.01. The topological polar surface area (TPSA) is 84.8 Å². The lowest BCUT2D eigenvalue weighted by Crippen LogP contribution is -2.38. The van der Waals surface area contributed by atoms with Gasteiger partial charge in [-0.15, -0.1) is 0 Å². The van der Waals surface area contributed by atoms with E-state index in [-0.39, 0.29) is 23.4 Å². The maximum Gasteiger partial charge on any atom is 0.253 e. The van der Waals surface area contributed by atoms with E-state index in [1.807, 2.05) is 13.8 Å². The Bertz CT molecular complexity index is 1370. The molecule has 0 saturated carbocycles. The van der Waals surface area contributed by atoms with E-state index in [4.69, 9.17) is 5.73 Å². The Morgan fingerprint density at radius 3 is 2.62 bits per heavy atom. The number of amides is 1. The third-order valence-corrected chi connectivity index (χ3v) is 6.64. The molecule has 5 rings (SSSR count). The van der Waals surface area contributed by atoms with E-state index in [0.717, 1.165) is 25.0 Å². The van der Waals surface area contributed by atoms with Gasteiger partial charge in [0.25, 0.3) is 5.91 Å². The maximum absolute atomic E-state index is 14.6. The average Bonchev–Trinajstić information content (AvgIpc) is 3.32. The summed E-state index contributed by atoms with van der Waals surface area (Å²) < 4.78 is 30.9. The highest BCUT2D eigenvalue weighted by Crippen LogP contribution is 2.36. The van der Waals surface area contributed by atoms with Crippen LogP contribution >= 0.6 is 0 Å². The summed E-state index contributed by atoms with van der Waals surface area (Å²) in [6.45, 7) is 5.65. The molecule has 0 fully saturated rings. The van der Waals surface area contributed by atoms with Crippen molar-refractivity contribution < 1.29 is 13.6 Å².